The molecule has 2 aromatic carbocycles. The zero-order valence-electron chi connectivity index (χ0n) is 16.0. The first-order chi connectivity index (χ1) is 14.7. The molecule has 30 heavy (non-hydrogen) atoms. The van der Waals surface area contributed by atoms with E-state index in [1.165, 1.54) is 4.90 Å². The standard InChI is InChI=1S/C22H19N5O2S/c23-19-17-21(26-20(25-19)18(28)14-7-3-1-4-8-14)27(13-24-17)22-16(11-12-29-22)30-15-9-5-2-6-10-15/h1-10,13,16,22H,11-12H2,(H2,23,25,26). The van der Waals surface area contributed by atoms with Crippen LogP contribution in [0.2, 0.25) is 0 Å². The summed E-state index contributed by atoms with van der Waals surface area (Å²) in [7, 11) is 0. The van der Waals surface area contributed by atoms with E-state index in [-0.39, 0.29) is 28.9 Å². The number of anilines is 1. The molecule has 0 spiro atoms. The Morgan fingerprint density at radius 3 is 2.57 bits per heavy atom. The lowest BCUT2D eigenvalue weighted by molar-refractivity contribution is 0.0617. The van der Waals surface area contributed by atoms with Crippen LogP contribution in [0.4, 0.5) is 5.82 Å². The van der Waals surface area contributed by atoms with Gasteiger partial charge in [-0.1, -0.05) is 48.5 Å². The number of nitrogens with zero attached hydrogens (tertiary/aromatic N) is 4. The van der Waals surface area contributed by atoms with Crippen LogP contribution in [-0.2, 0) is 4.74 Å². The number of nitrogens with two attached hydrogens (primary N) is 1. The second kappa shape index (κ2) is 7.89. The van der Waals surface area contributed by atoms with E-state index in [0.29, 0.717) is 23.3 Å². The molecular weight excluding hydrogens is 398 g/mol. The van der Waals surface area contributed by atoms with Crippen molar-refractivity contribution in [1.29, 1.82) is 0 Å². The minimum atomic E-state index is -0.278. The minimum absolute atomic E-state index is 0.0539. The molecule has 2 N–H and O–H groups in total. The summed E-state index contributed by atoms with van der Waals surface area (Å²) >= 11 is 1.76. The molecule has 150 valence electrons. The molecule has 1 fully saturated rings. The summed E-state index contributed by atoms with van der Waals surface area (Å²) in [5.41, 5.74) is 7.61. The summed E-state index contributed by atoms with van der Waals surface area (Å²) in [6.45, 7) is 0.644. The Bertz CT molecular complexity index is 1200. The maximum absolute atomic E-state index is 12.9. The second-order valence-electron chi connectivity index (χ2n) is 6.97. The van der Waals surface area contributed by atoms with Crippen molar-refractivity contribution in [2.75, 3.05) is 12.3 Å². The van der Waals surface area contributed by atoms with E-state index in [2.05, 4.69) is 27.1 Å². The van der Waals surface area contributed by atoms with E-state index in [1.807, 2.05) is 28.8 Å². The highest BCUT2D eigenvalue weighted by molar-refractivity contribution is 8.00. The Balaban J connectivity index is 1.52. The lowest BCUT2D eigenvalue weighted by Crippen LogP contribution is -2.18. The summed E-state index contributed by atoms with van der Waals surface area (Å²) in [5, 5.41) is 0.189. The Kier molecular flexibility index (Phi) is 4.94. The van der Waals surface area contributed by atoms with Gasteiger partial charge in [-0.25, -0.2) is 15.0 Å². The summed E-state index contributed by atoms with van der Waals surface area (Å²) < 4.78 is 7.89. The van der Waals surface area contributed by atoms with Gasteiger partial charge in [-0.2, -0.15) is 0 Å². The lowest BCUT2D eigenvalue weighted by Gasteiger charge is -2.20. The number of benzene rings is 2. The summed E-state index contributed by atoms with van der Waals surface area (Å²) in [4.78, 5) is 27.2. The molecule has 3 heterocycles. The number of carbonyl (C=O) groups excluding carboxylic acids is 1. The van der Waals surface area contributed by atoms with E-state index in [0.717, 1.165) is 6.42 Å². The highest BCUT2D eigenvalue weighted by Gasteiger charge is 2.32. The molecule has 0 radical (unpaired) electrons. The molecule has 2 unspecified atom stereocenters. The van der Waals surface area contributed by atoms with Crippen LogP contribution >= 0.6 is 11.8 Å². The molecule has 5 rings (SSSR count). The number of thioether (sulfide) groups is 1. The average molecular weight is 417 g/mol. The van der Waals surface area contributed by atoms with Gasteiger partial charge in [0.15, 0.2) is 11.5 Å². The quantitative estimate of drug-likeness (QED) is 0.494. The number of ether oxygens (including phenoxy) is 1. The highest BCUT2D eigenvalue weighted by atomic mass is 32.2. The molecule has 8 heteroatoms. The molecule has 2 aromatic heterocycles. The predicted molar refractivity (Wildman–Crippen MR) is 115 cm³/mol. The van der Waals surface area contributed by atoms with E-state index in [4.69, 9.17) is 10.5 Å². The van der Waals surface area contributed by atoms with E-state index in [1.54, 1.807) is 42.4 Å². The smallest absolute Gasteiger partial charge is 0.230 e. The fourth-order valence-electron chi connectivity index (χ4n) is 3.55. The molecule has 1 saturated heterocycles. The first-order valence-corrected chi connectivity index (χ1v) is 10.5. The number of fused-ring (bicyclic) bond motifs is 1. The van der Waals surface area contributed by atoms with Gasteiger partial charge in [0.2, 0.25) is 11.6 Å². The number of hydrogen-bond donors (Lipinski definition) is 1. The molecule has 2 atom stereocenters. The second-order valence-corrected chi connectivity index (χ2v) is 8.28. The Morgan fingerprint density at radius 1 is 1.07 bits per heavy atom. The normalized spacial score (nSPS) is 18.7. The Morgan fingerprint density at radius 2 is 1.80 bits per heavy atom. The monoisotopic (exact) mass is 417 g/mol. The predicted octanol–water partition coefficient (Wildman–Crippen LogP) is 3.72. The van der Waals surface area contributed by atoms with Crippen molar-refractivity contribution in [3.63, 3.8) is 0 Å². The molecule has 1 aliphatic rings. The van der Waals surface area contributed by atoms with Crippen LogP contribution < -0.4 is 5.73 Å². The number of hydrogen-bond acceptors (Lipinski definition) is 7. The van der Waals surface area contributed by atoms with Crippen molar-refractivity contribution in [3.05, 3.63) is 78.4 Å². The average Bonchev–Trinajstić information content (AvgIpc) is 3.41. The first kappa shape index (κ1) is 18.8. The third kappa shape index (κ3) is 3.44. The fourth-order valence-corrected chi connectivity index (χ4v) is 4.75. The van der Waals surface area contributed by atoms with Crippen molar-refractivity contribution in [2.24, 2.45) is 0 Å². The van der Waals surface area contributed by atoms with Gasteiger partial charge in [-0.3, -0.25) is 9.36 Å². The third-order valence-corrected chi connectivity index (χ3v) is 6.32. The Labute approximate surface area is 177 Å². The maximum Gasteiger partial charge on any atom is 0.230 e. The topological polar surface area (TPSA) is 95.9 Å². The largest absolute Gasteiger partial charge is 0.382 e. The van der Waals surface area contributed by atoms with Crippen LogP contribution in [0.3, 0.4) is 0 Å². The molecule has 0 aliphatic carbocycles. The SMILES string of the molecule is Nc1nc(C(=O)c2ccccc2)nc2c1ncn2C1OCCC1Sc1ccccc1. The van der Waals surface area contributed by atoms with Gasteiger partial charge in [-0.15, -0.1) is 11.8 Å². The van der Waals surface area contributed by atoms with Crippen LogP contribution in [-0.4, -0.2) is 37.2 Å². The van der Waals surface area contributed by atoms with Crippen LogP contribution in [0.1, 0.15) is 28.8 Å². The van der Waals surface area contributed by atoms with Gasteiger partial charge in [0, 0.05) is 10.5 Å². The molecular formula is C22H19N5O2S. The molecule has 4 aromatic rings. The zero-order valence-corrected chi connectivity index (χ0v) is 16.8. The number of imidazole rings is 1. The number of carbonyl (C=O) groups is 1. The van der Waals surface area contributed by atoms with E-state index in [9.17, 15) is 4.79 Å². The summed E-state index contributed by atoms with van der Waals surface area (Å²) in [6, 6.07) is 19.1. The number of aromatic nitrogens is 4. The van der Waals surface area contributed by atoms with Crippen LogP contribution in [0.25, 0.3) is 11.2 Å². The van der Waals surface area contributed by atoms with Crippen molar-refractivity contribution < 1.29 is 9.53 Å². The Hall–Kier alpha value is -3.23. The molecule has 7 nitrogen and oxygen atoms in total. The molecule has 0 bridgehead atoms. The van der Waals surface area contributed by atoms with E-state index < -0.39 is 0 Å². The third-order valence-electron chi connectivity index (χ3n) is 5.00. The number of rotatable bonds is 5. The van der Waals surface area contributed by atoms with Gasteiger partial charge >= 0.3 is 0 Å². The van der Waals surface area contributed by atoms with Gasteiger partial charge < -0.3 is 10.5 Å². The van der Waals surface area contributed by atoms with E-state index >= 15 is 0 Å². The van der Waals surface area contributed by atoms with Crippen molar-refractivity contribution >= 4 is 34.5 Å². The minimum Gasteiger partial charge on any atom is -0.382 e. The van der Waals surface area contributed by atoms with Crippen LogP contribution in [0.15, 0.2) is 71.9 Å². The molecule has 1 aliphatic heterocycles. The zero-order chi connectivity index (χ0) is 20.5. The molecule has 0 amide bonds. The summed E-state index contributed by atoms with van der Waals surface area (Å²) in [5.74, 6) is -0.0407. The van der Waals surface area contributed by atoms with Gasteiger partial charge in [0.25, 0.3) is 0 Å². The van der Waals surface area contributed by atoms with Gasteiger partial charge in [0.05, 0.1) is 18.2 Å². The van der Waals surface area contributed by atoms with Crippen molar-refractivity contribution in [2.45, 2.75) is 22.8 Å². The number of nitrogen functional groups attached to an aromatic ring is 1. The lowest BCUT2D eigenvalue weighted by atomic mass is 10.1. The van der Waals surface area contributed by atoms with Gasteiger partial charge in [0.1, 0.15) is 11.7 Å². The van der Waals surface area contributed by atoms with Crippen molar-refractivity contribution in [1.82, 2.24) is 19.5 Å². The maximum atomic E-state index is 12.9. The van der Waals surface area contributed by atoms with Crippen LogP contribution in [0, 0.1) is 0 Å². The first-order valence-electron chi connectivity index (χ1n) is 9.64. The number of ketones is 1. The highest BCUT2D eigenvalue weighted by Crippen LogP contribution is 2.39. The fraction of sp³-hybridized carbons (Fsp3) is 0.182. The molecule has 0 saturated carbocycles. The van der Waals surface area contributed by atoms with Crippen molar-refractivity contribution in [3.8, 4) is 0 Å². The van der Waals surface area contributed by atoms with Crippen LogP contribution in [0.5, 0.6) is 0 Å². The van der Waals surface area contributed by atoms with Gasteiger partial charge in [-0.05, 0) is 18.6 Å². The summed E-state index contributed by atoms with van der Waals surface area (Å²) in [6.07, 6.45) is 2.32.